The summed E-state index contributed by atoms with van der Waals surface area (Å²) in [5.41, 5.74) is 2.21. The van der Waals surface area contributed by atoms with E-state index in [1.807, 2.05) is 56.3 Å². The maximum absolute atomic E-state index is 10.4. The van der Waals surface area contributed by atoms with Gasteiger partial charge in [0, 0.05) is 37.7 Å². The first-order valence-electron chi connectivity index (χ1n) is 10.3. The second-order valence-corrected chi connectivity index (χ2v) is 7.81. The standard InChI is InChI=1S/C23H31ClN2O3/c1-3-28-23-7-5-4-6-22(23)26-14-12-25(13-15-26)16-21(27)17-29-18(2)19-8-10-20(24)11-9-19/h4-11,18,21,27H,3,12-17H2,1-2H3. The molecule has 1 saturated heterocycles. The lowest BCUT2D eigenvalue weighted by atomic mass is 10.1. The summed E-state index contributed by atoms with van der Waals surface area (Å²) in [4.78, 5) is 4.65. The van der Waals surface area contributed by atoms with Crippen molar-refractivity contribution in [3.8, 4) is 5.75 Å². The van der Waals surface area contributed by atoms with Gasteiger partial charge in [-0.1, -0.05) is 35.9 Å². The fraction of sp³-hybridized carbons (Fsp3) is 0.478. The number of aliphatic hydroxyl groups is 1. The topological polar surface area (TPSA) is 45.2 Å². The van der Waals surface area contributed by atoms with Crippen molar-refractivity contribution in [2.75, 3.05) is 50.8 Å². The number of para-hydroxylation sites is 2. The SMILES string of the molecule is CCOc1ccccc1N1CCN(CC(O)COC(C)c2ccc(Cl)cc2)CC1. The van der Waals surface area contributed by atoms with Crippen molar-refractivity contribution in [1.29, 1.82) is 0 Å². The Morgan fingerprint density at radius 3 is 2.41 bits per heavy atom. The normalized spacial score (nSPS) is 17.2. The molecule has 29 heavy (non-hydrogen) atoms. The van der Waals surface area contributed by atoms with Gasteiger partial charge < -0.3 is 19.5 Å². The summed E-state index contributed by atoms with van der Waals surface area (Å²) >= 11 is 5.93. The van der Waals surface area contributed by atoms with Gasteiger partial charge in [0.05, 0.1) is 31.1 Å². The van der Waals surface area contributed by atoms with E-state index in [9.17, 15) is 5.11 Å². The van der Waals surface area contributed by atoms with E-state index in [4.69, 9.17) is 21.1 Å². The second kappa shape index (κ2) is 10.8. The highest BCUT2D eigenvalue weighted by atomic mass is 35.5. The second-order valence-electron chi connectivity index (χ2n) is 7.37. The number of rotatable bonds is 9. The summed E-state index contributed by atoms with van der Waals surface area (Å²) in [6.07, 6.45) is -0.583. The molecule has 1 aliphatic rings. The minimum absolute atomic E-state index is 0.0752. The van der Waals surface area contributed by atoms with Crippen molar-refractivity contribution in [3.63, 3.8) is 0 Å². The van der Waals surface area contributed by atoms with Crippen LogP contribution in [0.4, 0.5) is 5.69 Å². The molecular weight excluding hydrogens is 388 g/mol. The third kappa shape index (κ3) is 6.34. The summed E-state index contributed by atoms with van der Waals surface area (Å²) in [6.45, 7) is 9.24. The maximum atomic E-state index is 10.4. The molecule has 0 aliphatic carbocycles. The highest BCUT2D eigenvalue weighted by Gasteiger charge is 2.21. The van der Waals surface area contributed by atoms with Crippen LogP contribution in [0.15, 0.2) is 48.5 Å². The molecule has 2 aromatic carbocycles. The first-order chi connectivity index (χ1) is 14.1. The minimum atomic E-state index is -0.507. The van der Waals surface area contributed by atoms with Crippen molar-refractivity contribution < 1.29 is 14.6 Å². The number of hydrogen-bond acceptors (Lipinski definition) is 5. The van der Waals surface area contributed by atoms with Gasteiger partial charge in [0.25, 0.3) is 0 Å². The molecule has 1 aliphatic heterocycles. The van der Waals surface area contributed by atoms with Crippen LogP contribution in [0, 0.1) is 0 Å². The third-order valence-corrected chi connectivity index (χ3v) is 5.48. The zero-order valence-electron chi connectivity index (χ0n) is 17.3. The molecule has 6 heteroatoms. The van der Waals surface area contributed by atoms with E-state index in [2.05, 4.69) is 15.9 Å². The molecule has 158 valence electrons. The van der Waals surface area contributed by atoms with E-state index in [1.165, 1.54) is 0 Å². The molecule has 1 heterocycles. The zero-order valence-corrected chi connectivity index (χ0v) is 18.0. The summed E-state index contributed by atoms with van der Waals surface area (Å²) < 4.78 is 11.6. The van der Waals surface area contributed by atoms with E-state index in [0.29, 0.717) is 24.8 Å². The van der Waals surface area contributed by atoms with E-state index in [0.717, 1.165) is 43.2 Å². The van der Waals surface area contributed by atoms with Gasteiger partial charge in [-0.05, 0) is 43.7 Å². The number of hydrogen-bond donors (Lipinski definition) is 1. The molecule has 0 spiro atoms. The third-order valence-electron chi connectivity index (χ3n) is 5.23. The van der Waals surface area contributed by atoms with Gasteiger partial charge in [0.2, 0.25) is 0 Å². The molecule has 1 fully saturated rings. The quantitative estimate of drug-likeness (QED) is 0.666. The highest BCUT2D eigenvalue weighted by Crippen LogP contribution is 2.28. The summed E-state index contributed by atoms with van der Waals surface area (Å²) in [5, 5.41) is 11.1. The number of β-amino-alcohol motifs (C(OH)–C–C–N with tert-alkyl or cyclic N) is 1. The van der Waals surface area contributed by atoms with Crippen LogP contribution in [0.1, 0.15) is 25.5 Å². The number of anilines is 1. The van der Waals surface area contributed by atoms with Crippen molar-refractivity contribution in [2.24, 2.45) is 0 Å². The van der Waals surface area contributed by atoms with Crippen LogP contribution < -0.4 is 9.64 Å². The zero-order chi connectivity index (χ0) is 20.6. The number of piperazine rings is 1. The van der Waals surface area contributed by atoms with E-state index >= 15 is 0 Å². The highest BCUT2D eigenvalue weighted by molar-refractivity contribution is 6.30. The van der Waals surface area contributed by atoms with Crippen LogP contribution in [0.3, 0.4) is 0 Å². The summed E-state index contributed by atoms with van der Waals surface area (Å²) in [7, 11) is 0. The van der Waals surface area contributed by atoms with Crippen LogP contribution in [-0.4, -0.2) is 62.0 Å². The molecule has 0 aromatic heterocycles. The van der Waals surface area contributed by atoms with Crippen molar-refractivity contribution in [3.05, 3.63) is 59.1 Å². The molecule has 0 amide bonds. The Morgan fingerprint density at radius 1 is 1.03 bits per heavy atom. The van der Waals surface area contributed by atoms with Crippen LogP contribution in [0.5, 0.6) is 5.75 Å². The average molecular weight is 419 g/mol. The van der Waals surface area contributed by atoms with Crippen molar-refractivity contribution >= 4 is 17.3 Å². The summed E-state index contributed by atoms with van der Waals surface area (Å²) in [6, 6.07) is 15.8. The number of benzene rings is 2. The number of aliphatic hydroxyl groups excluding tert-OH is 1. The van der Waals surface area contributed by atoms with Gasteiger partial charge in [-0.25, -0.2) is 0 Å². The van der Waals surface area contributed by atoms with Gasteiger partial charge in [-0.3, -0.25) is 4.90 Å². The molecule has 3 rings (SSSR count). The van der Waals surface area contributed by atoms with Crippen molar-refractivity contribution in [2.45, 2.75) is 26.1 Å². The lowest BCUT2D eigenvalue weighted by Crippen LogP contribution is -2.49. The first-order valence-corrected chi connectivity index (χ1v) is 10.7. The molecule has 0 bridgehead atoms. The smallest absolute Gasteiger partial charge is 0.142 e. The Morgan fingerprint density at radius 2 is 1.72 bits per heavy atom. The molecule has 2 unspecified atom stereocenters. The maximum Gasteiger partial charge on any atom is 0.142 e. The predicted molar refractivity (Wildman–Crippen MR) is 118 cm³/mol. The summed E-state index contributed by atoms with van der Waals surface area (Å²) in [5.74, 6) is 0.938. The largest absolute Gasteiger partial charge is 0.492 e. The Kier molecular flexibility index (Phi) is 8.19. The molecule has 2 aromatic rings. The monoisotopic (exact) mass is 418 g/mol. The van der Waals surface area contributed by atoms with E-state index in [1.54, 1.807) is 0 Å². The van der Waals surface area contributed by atoms with Crippen LogP contribution >= 0.6 is 11.6 Å². The predicted octanol–water partition coefficient (Wildman–Crippen LogP) is 4.00. The number of ether oxygens (including phenoxy) is 2. The van der Waals surface area contributed by atoms with Gasteiger partial charge in [0.1, 0.15) is 5.75 Å². The van der Waals surface area contributed by atoms with E-state index < -0.39 is 6.10 Å². The first kappa shape index (κ1) is 21.9. The van der Waals surface area contributed by atoms with E-state index in [-0.39, 0.29) is 6.10 Å². The Labute approximate surface area is 178 Å². The number of halogens is 1. The van der Waals surface area contributed by atoms with Crippen LogP contribution in [0.2, 0.25) is 5.02 Å². The fourth-order valence-corrected chi connectivity index (χ4v) is 3.73. The minimum Gasteiger partial charge on any atom is -0.492 e. The molecule has 0 saturated carbocycles. The fourth-order valence-electron chi connectivity index (χ4n) is 3.60. The molecule has 2 atom stereocenters. The van der Waals surface area contributed by atoms with Crippen molar-refractivity contribution in [1.82, 2.24) is 4.90 Å². The molecule has 1 N–H and O–H groups in total. The van der Waals surface area contributed by atoms with Gasteiger partial charge in [0.15, 0.2) is 0 Å². The lowest BCUT2D eigenvalue weighted by molar-refractivity contribution is -0.0162. The Bertz CT molecular complexity index is 748. The van der Waals surface area contributed by atoms with Crippen LogP contribution in [0.25, 0.3) is 0 Å². The van der Waals surface area contributed by atoms with Crippen LogP contribution in [-0.2, 0) is 4.74 Å². The lowest BCUT2D eigenvalue weighted by Gasteiger charge is -2.37. The molecular formula is C23H31ClN2O3. The van der Waals surface area contributed by atoms with Gasteiger partial charge in [-0.15, -0.1) is 0 Å². The number of nitrogens with zero attached hydrogens (tertiary/aromatic N) is 2. The molecule has 5 nitrogen and oxygen atoms in total. The Balaban J connectivity index is 1.43. The molecule has 0 radical (unpaired) electrons. The van der Waals surface area contributed by atoms with Gasteiger partial charge in [-0.2, -0.15) is 0 Å². The van der Waals surface area contributed by atoms with Gasteiger partial charge >= 0.3 is 0 Å². The average Bonchev–Trinajstić information content (AvgIpc) is 2.74. The Hall–Kier alpha value is -1.79.